The van der Waals surface area contributed by atoms with Crippen molar-refractivity contribution in [2.45, 2.75) is 45.7 Å². The minimum absolute atomic E-state index is 0.106. The molecule has 3 aromatic rings. The molecule has 0 saturated heterocycles. The first-order valence-electron chi connectivity index (χ1n) is 10.0. The van der Waals surface area contributed by atoms with Gasteiger partial charge in [0.25, 0.3) is 0 Å². The van der Waals surface area contributed by atoms with Gasteiger partial charge in [0.2, 0.25) is 11.8 Å². The summed E-state index contributed by atoms with van der Waals surface area (Å²) in [6.07, 6.45) is 0.767. The number of fused-ring (bicyclic) bond motifs is 2. The van der Waals surface area contributed by atoms with Crippen LogP contribution in [-0.2, 0) is 29.0 Å². The maximum absolute atomic E-state index is 13.0. The maximum atomic E-state index is 13.0. The van der Waals surface area contributed by atoms with Crippen molar-refractivity contribution in [1.29, 1.82) is 0 Å². The summed E-state index contributed by atoms with van der Waals surface area (Å²) in [4.78, 5) is 39.1. The van der Waals surface area contributed by atoms with Gasteiger partial charge in [0.15, 0.2) is 0 Å². The molecule has 2 N–H and O–H groups in total. The zero-order valence-corrected chi connectivity index (χ0v) is 17.1. The van der Waals surface area contributed by atoms with Crippen LogP contribution in [0.2, 0.25) is 0 Å². The van der Waals surface area contributed by atoms with E-state index in [0.717, 1.165) is 27.6 Å². The standard InChI is InChI=1S/C24H24N2O4/c1-14-7-8-18-15(2)19(24(29)30-21(18)11-14)9-10-22(27)26-13-17-6-4-3-5-16(17)12-20(26)23(25)28/h3-8,11,20H,9-10,12-13H2,1-2H3,(H2,25,28)/t20-/m1/s1. The van der Waals surface area contributed by atoms with Gasteiger partial charge in [-0.3, -0.25) is 9.59 Å². The smallest absolute Gasteiger partial charge is 0.339 e. The van der Waals surface area contributed by atoms with Crippen LogP contribution in [0, 0.1) is 13.8 Å². The first-order chi connectivity index (χ1) is 14.3. The SMILES string of the molecule is Cc1ccc2c(C)c(CCC(=O)N3Cc4ccccc4C[C@@H]3C(N)=O)c(=O)oc2c1. The Morgan fingerprint density at radius 1 is 1.13 bits per heavy atom. The van der Waals surface area contributed by atoms with Gasteiger partial charge in [-0.25, -0.2) is 4.79 Å². The molecule has 0 unspecified atom stereocenters. The third kappa shape index (κ3) is 3.61. The number of carbonyl (C=O) groups excluding carboxylic acids is 2. The maximum Gasteiger partial charge on any atom is 0.339 e. The van der Waals surface area contributed by atoms with Gasteiger partial charge >= 0.3 is 5.63 Å². The van der Waals surface area contributed by atoms with Crippen molar-refractivity contribution in [2.24, 2.45) is 5.73 Å². The van der Waals surface area contributed by atoms with Gasteiger partial charge in [-0.1, -0.05) is 36.4 Å². The number of hydrogen-bond donors (Lipinski definition) is 1. The molecule has 0 spiro atoms. The molecule has 6 nitrogen and oxygen atoms in total. The van der Waals surface area contributed by atoms with E-state index >= 15 is 0 Å². The van der Waals surface area contributed by atoms with Crippen molar-refractivity contribution < 1.29 is 14.0 Å². The van der Waals surface area contributed by atoms with Gasteiger partial charge in [-0.2, -0.15) is 0 Å². The lowest BCUT2D eigenvalue weighted by molar-refractivity contribution is -0.140. The van der Waals surface area contributed by atoms with Crippen molar-refractivity contribution in [1.82, 2.24) is 4.90 Å². The topological polar surface area (TPSA) is 93.6 Å². The van der Waals surface area contributed by atoms with E-state index in [-0.39, 0.29) is 18.7 Å². The number of nitrogens with two attached hydrogens (primary N) is 1. The van der Waals surface area contributed by atoms with Crippen LogP contribution in [0.5, 0.6) is 0 Å². The summed E-state index contributed by atoms with van der Waals surface area (Å²) in [5, 5.41) is 0.865. The molecule has 6 heteroatoms. The monoisotopic (exact) mass is 404 g/mol. The molecular weight excluding hydrogens is 380 g/mol. The van der Waals surface area contributed by atoms with E-state index in [1.165, 1.54) is 4.90 Å². The number of rotatable bonds is 4. The molecule has 1 atom stereocenters. The quantitative estimate of drug-likeness (QED) is 0.677. The van der Waals surface area contributed by atoms with Gasteiger partial charge in [0.05, 0.1) is 0 Å². The third-order valence-electron chi connectivity index (χ3n) is 5.93. The molecule has 1 aliphatic rings. The molecule has 30 heavy (non-hydrogen) atoms. The number of carbonyl (C=O) groups is 2. The van der Waals surface area contributed by atoms with Crippen molar-refractivity contribution >= 4 is 22.8 Å². The van der Waals surface area contributed by atoms with Gasteiger partial charge in [0.1, 0.15) is 11.6 Å². The van der Waals surface area contributed by atoms with Gasteiger partial charge in [-0.05, 0) is 48.6 Å². The average Bonchev–Trinajstić information content (AvgIpc) is 2.72. The molecule has 1 aliphatic heterocycles. The second-order valence-corrected chi connectivity index (χ2v) is 7.91. The van der Waals surface area contributed by atoms with E-state index in [2.05, 4.69) is 0 Å². The summed E-state index contributed by atoms with van der Waals surface area (Å²) >= 11 is 0. The zero-order chi connectivity index (χ0) is 21.4. The van der Waals surface area contributed by atoms with Crippen molar-refractivity contribution in [3.63, 3.8) is 0 Å². The third-order valence-corrected chi connectivity index (χ3v) is 5.93. The Hall–Kier alpha value is -3.41. The fraction of sp³-hybridized carbons (Fsp3) is 0.292. The predicted octanol–water partition coefficient (Wildman–Crippen LogP) is 2.78. The Morgan fingerprint density at radius 3 is 2.60 bits per heavy atom. The van der Waals surface area contributed by atoms with Crippen LogP contribution in [0.15, 0.2) is 51.7 Å². The number of nitrogens with zero attached hydrogens (tertiary/aromatic N) is 1. The molecule has 2 heterocycles. The van der Waals surface area contributed by atoms with E-state index in [1.54, 1.807) is 0 Å². The minimum atomic E-state index is -0.676. The summed E-state index contributed by atoms with van der Waals surface area (Å²) in [5.74, 6) is -0.717. The lowest BCUT2D eigenvalue weighted by Crippen LogP contribution is -2.51. The van der Waals surface area contributed by atoms with Gasteiger partial charge in [0, 0.05) is 30.3 Å². The first-order valence-corrected chi connectivity index (χ1v) is 10.0. The molecule has 0 radical (unpaired) electrons. The average molecular weight is 404 g/mol. The molecule has 0 saturated carbocycles. The lowest BCUT2D eigenvalue weighted by atomic mass is 9.93. The molecule has 2 amide bonds. The number of benzene rings is 2. The fourth-order valence-corrected chi connectivity index (χ4v) is 4.21. The number of amides is 2. The highest BCUT2D eigenvalue weighted by atomic mass is 16.4. The van der Waals surface area contributed by atoms with Crippen molar-refractivity contribution in [2.75, 3.05) is 0 Å². The highest BCUT2D eigenvalue weighted by molar-refractivity contribution is 5.88. The summed E-state index contributed by atoms with van der Waals surface area (Å²) in [7, 11) is 0. The second-order valence-electron chi connectivity index (χ2n) is 7.91. The number of hydrogen-bond acceptors (Lipinski definition) is 4. The minimum Gasteiger partial charge on any atom is -0.423 e. The van der Waals surface area contributed by atoms with E-state index in [4.69, 9.17) is 10.2 Å². The largest absolute Gasteiger partial charge is 0.423 e. The zero-order valence-electron chi connectivity index (χ0n) is 17.1. The Kier molecular flexibility index (Phi) is 5.16. The predicted molar refractivity (Wildman–Crippen MR) is 114 cm³/mol. The Labute approximate surface area is 174 Å². The Morgan fingerprint density at radius 2 is 1.87 bits per heavy atom. The van der Waals surface area contributed by atoms with E-state index in [0.29, 0.717) is 24.1 Å². The number of aryl methyl sites for hydroxylation is 2. The molecule has 0 fully saturated rings. The van der Waals surface area contributed by atoms with Crippen LogP contribution in [-0.4, -0.2) is 22.8 Å². The molecule has 0 bridgehead atoms. The molecule has 1 aromatic heterocycles. The number of primary amides is 1. The van der Waals surface area contributed by atoms with E-state index in [9.17, 15) is 14.4 Å². The molecular formula is C24H24N2O4. The van der Waals surface area contributed by atoms with Gasteiger partial charge in [-0.15, -0.1) is 0 Å². The van der Waals surface area contributed by atoms with Crippen LogP contribution >= 0.6 is 0 Å². The van der Waals surface area contributed by atoms with E-state index < -0.39 is 17.6 Å². The second kappa shape index (κ2) is 7.78. The summed E-state index contributed by atoms with van der Waals surface area (Å²) in [5.41, 5.74) is 10.1. The highest BCUT2D eigenvalue weighted by Crippen LogP contribution is 2.25. The van der Waals surface area contributed by atoms with E-state index in [1.807, 2.05) is 56.3 Å². The fourth-order valence-electron chi connectivity index (χ4n) is 4.21. The van der Waals surface area contributed by atoms with Crippen LogP contribution in [0.4, 0.5) is 0 Å². The Balaban J connectivity index is 1.58. The van der Waals surface area contributed by atoms with Crippen LogP contribution < -0.4 is 11.4 Å². The van der Waals surface area contributed by atoms with Crippen molar-refractivity contribution in [3.8, 4) is 0 Å². The van der Waals surface area contributed by atoms with Crippen molar-refractivity contribution in [3.05, 3.63) is 80.7 Å². The Bertz CT molecular complexity index is 1210. The highest BCUT2D eigenvalue weighted by Gasteiger charge is 2.33. The molecule has 2 aromatic carbocycles. The molecule has 4 rings (SSSR count). The summed E-state index contributed by atoms with van der Waals surface area (Å²) < 4.78 is 5.48. The summed E-state index contributed by atoms with van der Waals surface area (Å²) in [6, 6.07) is 12.8. The van der Waals surface area contributed by atoms with Crippen LogP contribution in [0.1, 0.15) is 34.2 Å². The molecule has 0 aliphatic carbocycles. The molecule has 154 valence electrons. The van der Waals surface area contributed by atoms with Crippen LogP contribution in [0.3, 0.4) is 0 Å². The van der Waals surface area contributed by atoms with Crippen LogP contribution in [0.25, 0.3) is 11.0 Å². The van der Waals surface area contributed by atoms with Gasteiger partial charge < -0.3 is 15.1 Å². The first kappa shape index (κ1) is 19.9. The summed E-state index contributed by atoms with van der Waals surface area (Å²) in [6.45, 7) is 4.15. The normalized spacial score (nSPS) is 15.8. The lowest BCUT2D eigenvalue weighted by Gasteiger charge is -2.35.